The Morgan fingerprint density at radius 3 is 2.50 bits per heavy atom. The fourth-order valence-corrected chi connectivity index (χ4v) is 0.931. The van der Waals surface area contributed by atoms with Crippen molar-refractivity contribution in [2.45, 2.75) is 6.92 Å². The topological polar surface area (TPSA) is 33.4 Å². The van der Waals surface area contributed by atoms with Gasteiger partial charge in [-0.3, -0.25) is 0 Å². The van der Waals surface area contributed by atoms with Crippen LogP contribution in [0.4, 0.5) is 0 Å². The van der Waals surface area contributed by atoms with Gasteiger partial charge in [0.2, 0.25) is 0 Å². The maximum Gasteiger partial charge on any atom is 0.285 e. The van der Waals surface area contributed by atoms with Crippen molar-refractivity contribution in [2.24, 2.45) is 0 Å². The highest BCUT2D eigenvalue weighted by atomic mass is 79.9. The molecule has 8 heavy (non-hydrogen) atoms. The van der Waals surface area contributed by atoms with Crippen LogP contribution in [0.3, 0.4) is 0 Å². The zero-order valence-corrected chi connectivity index (χ0v) is 5.90. The van der Waals surface area contributed by atoms with Gasteiger partial charge in [0.05, 0.1) is 0 Å². The van der Waals surface area contributed by atoms with Gasteiger partial charge in [-0.15, -0.1) is 0 Å². The molecule has 1 aromatic heterocycles. The summed E-state index contributed by atoms with van der Waals surface area (Å²) in [4.78, 5) is 0. The van der Waals surface area contributed by atoms with E-state index in [0.29, 0.717) is 4.67 Å². The average Bonchev–Trinajstić information content (AvgIpc) is 1.85. The second-order valence-corrected chi connectivity index (χ2v) is 2.32. The number of hydrogen-bond donors (Lipinski definition) is 1. The van der Waals surface area contributed by atoms with Gasteiger partial charge >= 0.3 is 0 Å². The quantitative estimate of drug-likeness (QED) is 0.657. The lowest BCUT2D eigenvalue weighted by Gasteiger charge is -1.78. The molecule has 3 heteroatoms. The number of rotatable bonds is 0. The Labute approximate surface area is 55.3 Å². The lowest BCUT2D eigenvalue weighted by atomic mass is 10.4. The minimum Gasteiger partial charge on any atom is -0.480 e. The monoisotopic (exact) mass is 176 g/mol. The molecule has 0 unspecified atom stereocenters. The van der Waals surface area contributed by atoms with Gasteiger partial charge in [-0.05, 0) is 28.9 Å². The van der Waals surface area contributed by atoms with Gasteiger partial charge in [-0.2, -0.15) is 0 Å². The van der Waals surface area contributed by atoms with Crippen LogP contribution in [-0.2, 0) is 0 Å². The molecule has 0 atom stereocenters. The van der Waals surface area contributed by atoms with E-state index in [1.807, 2.05) is 0 Å². The predicted octanol–water partition coefficient (Wildman–Crippen LogP) is 2.06. The number of halogens is 1. The van der Waals surface area contributed by atoms with Crippen molar-refractivity contribution < 1.29 is 9.52 Å². The maximum atomic E-state index is 8.74. The Morgan fingerprint density at radius 2 is 2.38 bits per heavy atom. The second kappa shape index (κ2) is 1.82. The van der Waals surface area contributed by atoms with E-state index in [1.165, 1.54) is 0 Å². The van der Waals surface area contributed by atoms with Crippen molar-refractivity contribution in [3.05, 3.63) is 16.3 Å². The molecule has 0 aliphatic heterocycles. The van der Waals surface area contributed by atoms with E-state index in [0.717, 1.165) is 5.56 Å². The first kappa shape index (κ1) is 5.69. The van der Waals surface area contributed by atoms with Crippen LogP contribution in [0.15, 0.2) is 15.2 Å². The minimum absolute atomic E-state index is 0.0168. The molecule has 0 spiro atoms. The summed E-state index contributed by atoms with van der Waals surface area (Å²) in [6, 6.07) is 1.70. The molecule has 1 heterocycles. The van der Waals surface area contributed by atoms with Crippen molar-refractivity contribution in [2.75, 3.05) is 0 Å². The maximum absolute atomic E-state index is 8.74. The number of hydrogen-bond acceptors (Lipinski definition) is 2. The molecule has 2 nitrogen and oxygen atoms in total. The third-order valence-corrected chi connectivity index (χ3v) is 1.25. The largest absolute Gasteiger partial charge is 0.480 e. The standard InChI is InChI=1S/C5H5BrO2/c1-3-2-4(6)8-5(3)7/h2,7H,1H3. The zero-order chi connectivity index (χ0) is 6.15. The highest BCUT2D eigenvalue weighted by molar-refractivity contribution is 9.10. The molecule has 0 fully saturated rings. The van der Waals surface area contributed by atoms with Gasteiger partial charge in [-0.1, -0.05) is 0 Å². The van der Waals surface area contributed by atoms with E-state index in [2.05, 4.69) is 20.3 Å². The summed E-state index contributed by atoms with van der Waals surface area (Å²) in [5.41, 5.74) is 0.747. The average molecular weight is 177 g/mol. The number of furan rings is 1. The molecule has 1 aromatic rings. The Kier molecular flexibility index (Phi) is 1.29. The van der Waals surface area contributed by atoms with E-state index in [9.17, 15) is 0 Å². The minimum atomic E-state index is -0.0168. The van der Waals surface area contributed by atoms with Crippen molar-refractivity contribution in [3.8, 4) is 5.95 Å². The van der Waals surface area contributed by atoms with Gasteiger partial charge in [-0.25, -0.2) is 0 Å². The van der Waals surface area contributed by atoms with Gasteiger partial charge in [0, 0.05) is 5.56 Å². The molecule has 0 amide bonds. The summed E-state index contributed by atoms with van der Waals surface area (Å²) >= 11 is 3.06. The van der Waals surface area contributed by atoms with Crippen molar-refractivity contribution in [1.29, 1.82) is 0 Å². The summed E-state index contributed by atoms with van der Waals surface area (Å²) in [6.07, 6.45) is 0. The summed E-state index contributed by atoms with van der Waals surface area (Å²) in [6.45, 7) is 1.77. The van der Waals surface area contributed by atoms with Crippen LogP contribution in [0, 0.1) is 6.92 Å². The van der Waals surface area contributed by atoms with Crippen LogP contribution in [0.5, 0.6) is 5.95 Å². The predicted molar refractivity (Wildman–Crippen MR) is 32.8 cm³/mol. The van der Waals surface area contributed by atoms with E-state index < -0.39 is 0 Å². The molecule has 0 radical (unpaired) electrons. The van der Waals surface area contributed by atoms with E-state index in [4.69, 9.17) is 5.11 Å². The van der Waals surface area contributed by atoms with Crippen molar-refractivity contribution >= 4 is 15.9 Å². The molecular formula is C5H5BrO2. The van der Waals surface area contributed by atoms with Crippen molar-refractivity contribution in [1.82, 2.24) is 0 Å². The van der Waals surface area contributed by atoms with Crippen LogP contribution < -0.4 is 0 Å². The smallest absolute Gasteiger partial charge is 0.285 e. The van der Waals surface area contributed by atoms with Crippen LogP contribution in [0.1, 0.15) is 5.56 Å². The number of aromatic hydroxyl groups is 1. The van der Waals surface area contributed by atoms with Gasteiger partial charge in [0.15, 0.2) is 4.67 Å². The van der Waals surface area contributed by atoms with Crippen LogP contribution >= 0.6 is 15.9 Å². The molecular weight excluding hydrogens is 172 g/mol. The Morgan fingerprint density at radius 1 is 1.75 bits per heavy atom. The number of aryl methyl sites for hydroxylation is 1. The Balaban J connectivity index is 3.14. The molecule has 0 aliphatic carbocycles. The highest BCUT2D eigenvalue weighted by Crippen LogP contribution is 2.24. The second-order valence-electron chi connectivity index (χ2n) is 1.54. The fraction of sp³-hybridized carbons (Fsp3) is 0.200. The van der Waals surface area contributed by atoms with Gasteiger partial charge in [0.25, 0.3) is 5.95 Å². The first-order valence-electron chi connectivity index (χ1n) is 2.15. The molecule has 0 saturated carbocycles. The normalized spacial score (nSPS) is 9.75. The van der Waals surface area contributed by atoms with Crippen LogP contribution in [0.2, 0.25) is 0 Å². The molecule has 0 saturated heterocycles. The third kappa shape index (κ3) is 0.865. The lowest BCUT2D eigenvalue weighted by molar-refractivity contribution is 0.322. The molecule has 44 valence electrons. The Hall–Kier alpha value is -0.440. The highest BCUT2D eigenvalue weighted by Gasteiger charge is 2.00. The molecule has 0 aliphatic rings. The van der Waals surface area contributed by atoms with Crippen molar-refractivity contribution in [3.63, 3.8) is 0 Å². The van der Waals surface area contributed by atoms with Gasteiger partial charge < -0.3 is 9.52 Å². The summed E-state index contributed by atoms with van der Waals surface area (Å²) < 4.78 is 5.25. The molecule has 1 N–H and O–H groups in total. The first-order valence-corrected chi connectivity index (χ1v) is 2.94. The van der Waals surface area contributed by atoms with E-state index >= 15 is 0 Å². The summed E-state index contributed by atoms with van der Waals surface area (Å²) in [5.74, 6) is -0.0168. The van der Waals surface area contributed by atoms with E-state index in [-0.39, 0.29) is 5.95 Å². The third-order valence-electron chi connectivity index (χ3n) is 0.862. The van der Waals surface area contributed by atoms with Crippen LogP contribution in [0.25, 0.3) is 0 Å². The summed E-state index contributed by atoms with van der Waals surface area (Å²) in [7, 11) is 0. The van der Waals surface area contributed by atoms with E-state index in [1.54, 1.807) is 13.0 Å². The molecule has 0 bridgehead atoms. The summed E-state index contributed by atoms with van der Waals surface area (Å²) in [5, 5.41) is 8.74. The SMILES string of the molecule is Cc1cc(Br)oc1O. The van der Waals surface area contributed by atoms with Crippen LogP contribution in [-0.4, -0.2) is 5.11 Å². The van der Waals surface area contributed by atoms with Gasteiger partial charge in [0.1, 0.15) is 0 Å². The fourth-order valence-electron chi connectivity index (χ4n) is 0.434. The Bertz CT molecular complexity index is 173. The molecule has 1 rings (SSSR count). The molecule has 0 aromatic carbocycles. The zero-order valence-electron chi connectivity index (χ0n) is 4.31. The lowest BCUT2D eigenvalue weighted by Crippen LogP contribution is -1.57. The first-order chi connectivity index (χ1) is 3.70.